The van der Waals surface area contributed by atoms with Crippen LogP contribution in [-0.2, 0) is 32.6 Å². The normalized spacial score (nSPS) is 11.9. The number of rotatable bonds is 11. The zero-order valence-electron chi connectivity index (χ0n) is 23.5. The van der Waals surface area contributed by atoms with E-state index in [0.29, 0.717) is 20.6 Å². The molecule has 2 amide bonds. The van der Waals surface area contributed by atoms with Crippen LogP contribution in [0.5, 0.6) is 0 Å². The lowest BCUT2D eigenvalue weighted by Gasteiger charge is -2.34. The first-order chi connectivity index (χ1) is 20.5. The molecule has 0 heterocycles. The van der Waals surface area contributed by atoms with Crippen molar-refractivity contribution in [2.75, 3.05) is 17.9 Å². The van der Waals surface area contributed by atoms with E-state index in [4.69, 9.17) is 34.8 Å². The summed E-state index contributed by atoms with van der Waals surface area (Å²) in [5, 5.41) is 3.66. The first-order valence-electron chi connectivity index (χ1n) is 13.3. The lowest BCUT2D eigenvalue weighted by molar-refractivity contribution is -0.139. The molecule has 11 heteroatoms. The Labute approximate surface area is 267 Å². The molecule has 1 N–H and O–H groups in total. The number of nitrogens with one attached hydrogen (secondary N) is 1. The summed E-state index contributed by atoms with van der Waals surface area (Å²) in [4.78, 5) is 29.0. The largest absolute Gasteiger partial charge is 0.357 e. The van der Waals surface area contributed by atoms with Crippen molar-refractivity contribution >= 4 is 62.3 Å². The van der Waals surface area contributed by atoms with Gasteiger partial charge in [-0.15, -0.1) is 0 Å². The number of carbonyl (C=O) groups excluding carboxylic acids is 2. The zero-order valence-corrected chi connectivity index (χ0v) is 26.6. The molecule has 4 aromatic rings. The van der Waals surface area contributed by atoms with Crippen molar-refractivity contribution in [3.05, 3.63) is 129 Å². The van der Waals surface area contributed by atoms with Crippen molar-refractivity contribution in [1.29, 1.82) is 0 Å². The average Bonchev–Trinajstić information content (AvgIpc) is 2.99. The standard InChI is InChI=1S/C32H30Cl3N3O4S/c1-22-11-17-26(18-12-22)43(41,42)38(25-15-13-24(33)14-16-25)21-31(39)37(20-27-28(34)9-6-10-29(27)35)30(32(40)36-2)19-23-7-4-3-5-8-23/h3-18,30H,19-21H2,1-2H3,(H,36,40). The predicted molar refractivity (Wildman–Crippen MR) is 172 cm³/mol. The topological polar surface area (TPSA) is 86.8 Å². The lowest BCUT2D eigenvalue weighted by atomic mass is 10.0. The quantitative estimate of drug-likeness (QED) is 0.198. The van der Waals surface area contributed by atoms with Crippen LogP contribution in [0.3, 0.4) is 0 Å². The highest BCUT2D eigenvalue weighted by atomic mass is 35.5. The Morgan fingerprint density at radius 3 is 2.00 bits per heavy atom. The summed E-state index contributed by atoms with van der Waals surface area (Å²) in [7, 11) is -2.74. The number of hydrogen-bond acceptors (Lipinski definition) is 4. The minimum absolute atomic E-state index is 0.00804. The van der Waals surface area contributed by atoms with Crippen LogP contribution >= 0.6 is 34.8 Å². The van der Waals surface area contributed by atoms with E-state index < -0.39 is 34.4 Å². The lowest BCUT2D eigenvalue weighted by Crippen LogP contribution is -2.53. The molecule has 0 bridgehead atoms. The highest BCUT2D eigenvalue weighted by Gasteiger charge is 2.35. The molecular formula is C32H30Cl3N3O4S. The molecule has 0 radical (unpaired) electrons. The number of halogens is 3. The average molecular weight is 659 g/mol. The maximum atomic E-state index is 14.3. The molecule has 0 fully saturated rings. The molecule has 0 aliphatic rings. The molecular weight excluding hydrogens is 629 g/mol. The van der Waals surface area contributed by atoms with Gasteiger partial charge >= 0.3 is 0 Å². The summed E-state index contributed by atoms with van der Waals surface area (Å²) >= 11 is 19.1. The van der Waals surface area contributed by atoms with Crippen LogP contribution in [-0.4, -0.2) is 44.8 Å². The second kappa shape index (κ2) is 14.3. The van der Waals surface area contributed by atoms with Gasteiger partial charge in [-0.25, -0.2) is 8.42 Å². The Balaban J connectivity index is 1.81. The fraction of sp³-hybridized carbons (Fsp3) is 0.188. The van der Waals surface area contributed by atoms with E-state index in [-0.39, 0.29) is 23.5 Å². The molecule has 7 nitrogen and oxygen atoms in total. The Bertz CT molecular complexity index is 1660. The molecule has 4 rings (SSSR count). The first-order valence-corrected chi connectivity index (χ1v) is 15.9. The van der Waals surface area contributed by atoms with E-state index in [0.717, 1.165) is 15.4 Å². The number of anilines is 1. The van der Waals surface area contributed by atoms with Gasteiger partial charge in [0.25, 0.3) is 10.0 Å². The Morgan fingerprint density at radius 2 is 1.42 bits per heavy atom. The van der Waals surface area contributed by atoms with E-state index in [2.05, 4.69) is 5.32 Å². The van der Waals surface area contributed by atoms with Crippen molar-refractivity contribution < 1.29 is 18.0 Å². The van der Waals surface area contributed by atoms with Crippen LogP contribution in [0.25, 0.3) is 0 Å². The van der Waals surface area contributed by atoms with Gasteiger partial charge in [-0.2, -0.15) is 0 Å². The smallest absolute Gasteiger partial charge is 0.264 e. The highest BCUT2D eigenvalue weighted by molar-refractivity contribution is 7.92. The van der Waals surface area contributed by atoms with Gasteiger partial charge in [0.2, 0.25) is 11.8 Å². The van der Waals surface area contributed by atoms with Gasteiger partial charge in [-0.1, -0.05) is 88.9 Å². The molecule has 0 saturated carbocycles. The van der Waals surface area contributed by atoms with E-state index in [1.54, 1.807) is 42.5 Å². The third-order valence-corrected chi connectivity index (χ3v) is 9.66. The fourth-order valence-corrected chi connectivity index (χ4v) is 6.60. The van der Waals surface area contributed by atoms with Crippen LogP contribution in [0.4, 0.5) is 5.69 Å². The SMILES string of the molecule is CNC(=O)C(Cc1ccccc1)N(Cc1c(Cl)cccc1Cl)C(=O)CN(c1ccc(Cl)cc1)S(=O)(=O)c1ccc(C)cc1. The van der Waals surface area contributed by atoms with Crippen molar-refractivity contribution in [2.45, 2.75) is 30.8 Å². The maximum absolute atomic E-state index is 14.3. The van der Waals surface area contributed by atoms with Gasteiger partial charge in [0.15, 0.2) is 0 Å². The zero-order chi connectivity index (χ0) is 31.1. The van der Waals surface area contributed by atoms with Crippen molar-refractivity contribution in [1.82, 2.24) is 10.2 Å². The first kappa shape index (κ1) is 32.4. The van der Waals surface area contributed by atoms with Crippen LogP contribution in [0, 0.1) is 6.92 Å². The maximum Gasteiger partial charge on any atom is 0.264 e. The van der Waals surface area contributed by atoms with E-state index >= 15 is 0 Å². The molecule has 1 unspecified atom stereocenters. The van der Waals surface area contributed by atoms with Gasteiger partial charge in [0.05, 0.1) is 10.6 Å². The van der Waals surface area contributed by atoms with Crippen LogP contribution < -0.4 is 9.62 Å². The van der Waals surface area contributed by atoms with E-state index in [1.807, 2.05) is 37.3 Å². The van der Waals surface area contributed by atoms with Gasteiger partial charge < -0.3 is 10.2 Å². The van der Waals surface area contributed by atoms with Crippen LogP contribution in [0.2, 0.25) is 15.1 Å². The minimum Gasteiger partial charge on any atom is -0.357 e. The molecule has 0 aliphatic carbocycles. The fourth-order valence-electron chi connectivity index (χ4n) is 4.55. The van der Waals surface area contributed by atoms with Gasteiger partial charge in [-0.05, 0) is 61.0 Å². The summed E-state index contributed by atoms with van der Waals surface area (Å²) in [6.07, 6.45) is 0.167. The van der Waals surface area contributed by atoms with E-state index in [1.165, 1.54) is 36.2 Å². The number of carbonyl (C=O) groups is 2. The Kier molecular flexibility index (Phi) is 10.7. The van der Waals surface area contributed by atoms with Crippen LogP contribution in [0.15, 0.2) is 102 Å². The Morgan fingerprint density at radius 1 is 0.814 bits per heavy atom. The van der Waals surface area contributed by atoms with Gasteiger partial charge in [0, 0.05) is 40.6 Å². The molecule has 1 atom stereocenters. The number of sulfonamides is 1. The van der Waals surface area contributed by atoms with Crippen molar-refractivity contribution in [3.63, 3.8) is 0 Å². The summed E-state index contributed by atoms with van der Waals surface area (Å²) in [5.41, 5.74) is 2.35. The van der Waals surface area contributed by atoms with Crippen molar-refractivity contribution in [2.24, 2.45) is 0 Å². The van der Waals surface area contributed by atoms with E-state index in [9.17, 15) is 18.0 Å². The number of hydrogen-bond donors (Lipinski definition) is 1. The highest BCUT2D eigenvalue weighted by Crippen LogP contribution is 2.29. The summed E-state index contributed by atoms with van der Waals surface area (Å²) in [5.74, 6) is -1.06. The third-order valence-electron chi connectivity index (χ3n) is 6.91. The molecule has 0 aliphatic heterocycles. The molecule has 0 aromatic heterocycles. The number of benzene rings is 4. The monoisotopic (exact) mass is 657 g/mol. The number of nitrogens with zero attached hydrogens (tertiary/aromatic N) is 2. The minimum atomic E-state index is -4.22. The number of likely N-dealkylation sites (N-methyl/N-ethyl adjacent to an activating group) is 1. The second-order valence-electron chi connectivity index (χ2n) is 9.84. The summed E-state index contributed by atoms with van der Waals surface area (Å²) in [6, 6.07) is 25.6. The molecule has 224 valence electrons. The molecule has 0 saturated heterocycles. The third kappa shape index (κ3) is 7.89. The summed E-state index contributed by atoms with van der Waals surface area (Å²) in [6.45, 7) is 1.10. The Hall–Kier alpha value is -3.56. The summed E-state index contributed by atoms with van der Waals surface area (Å²) < 4.78 is 29.0. The predicted octanol–water partition coefficient (Wildman–Crippen LogP) is 6.54. The number of amides is 2. The molecule has 0 spiro atoms. The molecule has 4 aromatic carbocycles. The van der Waals surface area contributed by atoms with Crippen LogP contribution in [0.1, 0.15) is 16.7 Å². The second-order valence-corrected chi connectivity index (χ2v) is 13.0. The van der Waals surface area contributed by atoms with Gasteiger partial charge in [0.1, 0.15) is 12.6 Å². The van der Waals surface area contributed by atoms with Crippen molar-refractivity contribution in [3.8, 4) is 0 Å². The van der Waals surface area contributed by atoms with Gasteiger partial charge in [-0.3, -0.25) is 13.9 Å². The molecule has 43 heavy (non-hydrogen) atoms. The number of aryl methyl sites for hydroxylation is 1.